The van der Waals surface area contributed by atoms with Crippen LogP contribution in [0.15, 0.2) is 54.6 Å². The van der Waals surface area contributed by atoms with E-state index in [9.17, 15) is 4.79 Å². The van der Waals surface area contributed by atoms with Crippen LogP contribution in [0.4, 0.5) is 5.69 Å². The largest absolute Gasteiger partial charge is 0.326 e. The summed E-state index contributed by atoms with van der Waals surface area (Å²) in [6.07, 6.45) is 0.214. The van der Waals surface area contributed by atoms with Crippen molar-refractivity contribution in [3.05, 3.63) is 76.6 Å². The van der Waals surface area contributed by atoms with Crippen LogP contribution in [0.2, 0.25) is 5.02 Å². The number of fused-ring (bicyclic) bond motifs is 1. The molecule has 0 radical (unpaired) electrons. The lowest BCUT2D eigenvalue weighted by molar-refractivity contribution is -0.115. The molecule has 140 valence electrons. The second-order valence-electron chi connectivity index (χ2n) is 6.51. The summed E-state index contributed by atoms with van der Waals surface area (Å²) in [4.78, 5) is 21.5. The highest BCUT2D eigenvalue weighted by atomic mass is 35.5. The Hall–Kier alpha value is -3.25. The zero-order chi connectivity index (χ0) is 19.7. The molecule has 0 saturated heterocycles. The first kappa shape index (κ1) is 18.1. The third-order valence-electron chi connectivity index (χ3n) is 4.55. The van der Waals surface area contributed by atoms with Crippen molar-refractivity contribution in [2.75, 3.05) is 5.32 Å². The maximum atomic E-state index is 12.5. The van der Waals surface area contributed by atoms with Crippen molar-refractivity contribution in [2.45, 2.75) is 20.3 Å². The van der Waals surface area contributed by atoms with Crippen molar-refractivity contribution in [3.8, 4) is 11.4 Å². The average molecular weight is 392 g/mol. The van der Waals surface area contributed by atoms with Gasteiger partial charge in [-0.1, -0.05) is 29.8 Å². The van der Waals surface area contributed by atoms with Crippen molar-refractivity contribution < 1.29 is 4.79 Å². The number of para-hydroxylation sites is 1. The minimum absolute atomic E-state index is 0.100. The lowest BCUT2D eigenvalue weighted by atomic mass is 10.1. The first-order chi connectivity index (χ1) is 13.5. The van der Waals surface area contributed by atoms with Crippen molar-refractivity contribution in [1.29, 1.82) is 0 Å². The molecule has 7 heteroatoms. The fourth-order valence-electron chi connectivity index (χ4n) is 3.07. The first-order valence-electron chi connectivity index (χ1n) is 8.85. The topological polar surface area (TPSA) is 72.2 Å². The Labute approximate surface area is 167 Å². The highest BCUT2D eigenvalue weighted by molar-refractivity contribution is 6.30. The zero-order valence-corrected chi connectivity index (χ0v) is 16.2. The van der Waals surface area contributed by atoms with Gasteiger partial charge in [0, 0.05) is 33.2 Å². The number of aryl methyl sites for hydroxylation is 2. The van der Waals surface area contributed by atoms with Gasteiger partial charge in [0.05, 0.1) is 6.42 Å². The normalized spacial score (nSPS) is 11.0. The highest BCUT2D eigenvalue weighted by Crippen LogP contribution is 2.21. The molecule has 0 bridgehead atoms. The smallest absolute Gasteiger partial charge is 0.253 e. The van der Waals surface area contributed by atoms with Crippen molar-refractivity contribution in [2.24, 2.45) is 0 Å². The van der Waals surface area contributed by atoms with Crippen LogP contribution in [0.3, 0.4) is 0 Å². The van der Waals surface area contributed by atoms with Gasteiger partial charge in [-0.25, -0.2) is 9.50 Å². The standard InChI is InChI=1S/C21H18ClN5O/c1-13-18(12-19(28)24-17-6-4-3-5-7-17)14(2)27-21(23-13)25-20(26-27)15-8-10-16(22)11-9-15/h3-11H,12H2,1-2H3,(H,24,28). The number of anilines is 1. The van der Waals surface area contributed by atoms with E-state index < -0.39 is 0 Å². The van der Waals surface area contributed by atoms with Gasteiger partial charge in [-0.05, 0) is 50.2 Å². The van der Waals surface area contributed by atoms with Crippen LogP contribution in [-0.2, 0) is 11.2 Å². The molecule has 0 atom stereocenters. The van der Waals surface area contributed by atoms with Crippen LogP contribution in [0, 0.1) is 13.8 Å². The molecule has 0 aliphatic heterocycles. The SMILES string of the molecule is Cc1nc2nc(-c3ccc(Cl)cc3)nn2c(C)c1CC(=O)Nc1ccccc1. The van der Waals surface area contributed by atoms with E-state index >= 15 is 0 Å². The number of rotatable bonds is 4. The predicted molar refractivity (Wildman–Crippen MR) is 109 cm³/mol. The van der Waals surface area contributed by atoms with Crippen molar-refractivity contribution in [3.63, 3.8) is 0 Å². The Balaban J connectivity index is 1.65. The van der Waals surface area contributed by atoms with Gasteiger partial charge in [-0.3, -0.25) is 4.79 Å². The summed E-state index contributed by atoms with van der Waals surface area (Å²) in [5.74, 6) is 0.973. The molecule has 2 aromatic heterocycles. The van der Waals surface area contributed by atoms with Gasteiger partial charge in [0.2, 0.25) is 5.91 Å². The summed E-state index contributed by atoms with van der Waals surface area (Å²) in [5, 5.41) is 8.14. The minimum Gasteiger partial charge on any atom is -0.326 e. The molecule has 0 aliphatic rings. The number of hydrogen-bond acceptors (Lipinski definition) is 4. The summed E-state index contributed by atoms with van der Waals surface area (Å²) in [6.45, 7) is 3.81. The molecule has 0 spiro atoms. The number of halogens is 1. The van der Waals surface area contributed by atoms with E-state index in [2.05, 4.69) is 20.4 Å². The Morgan fingerprint density at radius 1 is 1.04 bits per heavy atom. The fraction of sp³-hybridized carbons (Fsp3) is 0.143. The van der Waals surface area contributed by atoms with E-state index in [1.165, 1.54) is 0 Å². The van der Waals surface area contributed by atoms with Crippen molar-refractivity contribution in [1.82, 2.24) is 19.6 Å². The number of nitrogens with one attached hydrogen (secondary N) is 1. The van der Waals surface area contributed by atoms with Gasteiger partial charge in [0.15, 0.2) is 5.82 Å². The maximum Gasteiger partial charge on any atom is 0.253 e. The van der Waals surface area contributed by atoms with Gasteiger partial charge < -0.3 is 5.32 Å². The molecule has 0 fully saturated rings. The summed E-state index contributed by atoms with van der Waals surface area (Å²) < 4.78 is 1.68. The molecule has 1 amide bonds. The molecule has 2 aromatic carbocycles. The average Bonchev–Trinajstić information content (AvgIpc) is 3.10. The molecule has 2 heterocycles. The Morgan fingerprint density at radius 2 is 1.75 bits per heavy atom. The van der Waals surface area contributed by atoms with Gasteiger partial charge in [0.1, 0.15) is 0 Å². The molecule has 1 N–H and O–H groups in total. The van der Waals surface area contributed by atoms with Crippen LogP contribution >= 0.6 is 11.6 Å². The number of amides is 1. The number of nitrogens with zero attached hydrogens (tertiary/aromatic N) is 4. The summed E-state index contributed by atoms with van der Waals surface area (Å²) >= 11 is 5.95. The lowest BCUT2D eigenvalue weighted by Crippen LogP contribution is -2.17. The first-order valence-corrected chi connectivity index (χ1v) is 9.23. The fourth-order valence-corrected chi connectivity index (χ4v) is 3.20. The van der Waals surface area contributed by atoms with Gasteiger partial charge in [0.25, 0.3) is 5.78 Å². The third kappa shape index (κ3) is 3.59. The molecule has 28 heavy (non-hydrogen) atoms. The molecule has 0 saturated carbocycles. The van der Waals surface area contributed by atoms with Crippen LogP contribution in [0.1, 0.15) is 17.0 Å². The number of hydrogen-bond donors (Lipinski definition) is 1. The van der Waals surface area contributed by atoms with E-state index in [-0.39, 0.29) is 12.3 Å². The van der Waals surface area contributed by atoms with E-state index in [1.807, 2.05) is 56.3 Å². The monoisotopic (exact) mass is 391 g/mol. The zero-order valence-electron chi connectivity index (χ0n) is 15.5. The van der Waals surface area contributed by atoms with Crippen LogP contribution in [0.25, 0.3) is 17.2 Å². The minimum atomic E-state index is -0.100. The summed E-state index contributed by atoms with van der Waals surface area (Å²) in [7, 11) is 0. The number of carbonyl (C=O) groups excluding carboxylic acids is 1. The number of aromatic nitrogens is 4. The molecule has 6 nitrogen and oxygen atoms in total. The summed E-state index contributed by atoms with van der Waals surface area (Å²) in [6, 6.07) is 16.7. The van der Waals surface area contributed by atoms with Crippen LogP contribution < -0.4 is 5.32 Å². The Morgan fingerprint density at radius 3 is 2.46 bits per heavy atom. The second-order valence-corrected chi connectivity index (χ2v) is 6.94. The van der Waals surface area contributed by atoms with Crippen LogP contribution in [-0.4, -0.2) is 25.5 Å². The summed E-state index contributed by atoms with van der Waals surface area (Å²) in [5.41, 5.74) is 4.08. The quantitative estimate of drug-likeness (QED) is 0.564. The Kier molecular flexibility index (Phi) is 4.79. The van der Waals surface area contributed by atoms with E-state index in [1.54, 1.807) is 16.6 Å². The van der Waals surface area contributed by atoms with Gasteiger partial charge in [-0.15, -0.1) is 5.10 Å². The van der Waals surface area contributed by atoms with Crippen molar-refractivity contribution >= 4 is 29.0 Å². The Bertz CT molecular complexity index is 1150. The number of benzene rings is 2. The molecule has 4 aromatic rings. The molecule has 0 aliphatic carbocycles. The molecule has 4 rings (SSSR count). The number of carbonyl (C=O) groups is 1. The molecular formula is C21H18ClN5O. The van der Waals surface area contributed by atoms with Gasteiger partial charge >= 0.3 is 0 Å². The second kappa shape index (κ2) is 7.40. The van der Waals surface area contributed by atoms with E-state index in [0.29, 0.717) is 16.6 Å². The highest BCUT2D eigenvalue weighted by Gasteiger charge is 2.16. The van der Waals surface area contributed by atoms with Crippen LogP contribution in [0.5, 0.6) is 0 Å². The molecular weight excluding hydrogens is 374 g/mol. The maximum absolute atomic E-state index is 12.5. The van der Waals surface area contributed by atoms with E-state index in [4.69, 9.17) is 11.6 Å². The lowest BCUT2D eigenvalue weighted by Gasteiger charge is -2.10. The molecule has 0 unspecified atom stereocenters. The third-order valence-corrected chi connectivity index (χ3v) is 4.80. The predicted octanol–water partition coefficient (Wildman–Crippen LogP) is 4.24. The van der Waals surface area contributed by atoms with E-state index in [0.717, 1.165) is 28.2 Å². The van der Waals surface area contributed by atoms with Gasteiger partial charge in [-0.2, -0.15) is 4.98 Å².